The lowest BCUT2D eigenvalue weighted by Crippen LogP contribution is -2.39. The van der Waals surface area contributed by atoms with Gasteiger partial charge in [-0.2, -0.15) is 0 Å². The minimum Gasteiger partial charge on any atom is -0.392 e. The van der Waals surface area contributed by atoms with Gasteiger partial charge in [0.25, 0.3) is 0 Å². The summed E-state index contributed by atoms with van der Waals surface area (Å²) in [6.45, 7) is 8.96. The first kappa shape index (κ1) is 14.5. The van der Waals surface area contributed by atoms with E-state index >= 15 is 0 Å². The number of nitrogens with zero attached hydrogens (tertiary/aromatic N) is 1. The van der Waals surface area contributed by atoms with Gasteiger partial charge in [0.1, 0.15) is 0 Å². The van der Waals surface area contributed by atoms with Crippen molar-refractivity contribution < 1.29 is 5.11 Å². The van der Waals surface area contributed by atoms with Crippen LogP contribution < -0.4 is 4.90 Å². The maximum absolute atomic E-state index is 9.40. The molecule has 0 radical (unpaired) electrons. The Morgan fingerprint density at radius 3 is 2.41 bits per heavy atom. The van der Waals surface area contributed by atoms with Gasteiger partial charge in [-0.3, -0.25) is 0 Å². The quantitative estimate of drug-likeness (QED) is 0.917. The summed E-state index contributed by atoms with van der Waals surface area (Å²) in [4.78, 5) is 2.23. The molecule has 1 N–H and O–H groups in total. The average Bonchev–Trinajstić information content (AvgIpc) is 2.25. The second kappa shape index (κ2) is 5.40. The van der Waals surface area contributed by atoms with Crippen molar-refractivity contribution in [2.75, 3.05) is 11.9 Å². The van der Waals surface area contributed by atoms with E-state index in [1.165, 1.54) is 0 Å². The van der Waals surface area contributed by atoms with Gasteiger partial charge in [-0.1, -0.05) is 42.8 Å². The first-order valence-electron chi connectivity index (χ1n) is 5.89. The van der Waals surface area contributed by atoms with Crippen LogP contribution in [-0.2, 0) is 6.61 Å². The van der Waals surface area contributed by atoms with Crippen molar-refractivity contribution in [2.45, 2.75) is 40.3 Å². The summed E-state index contributed by atoms with van der Waals surface area (Å²) >= 11 is 3.49. The zero-order valence-corrected chi connectivity index (χ0v) is 12.9. The normalized spacial score (nSPS) is 13.6. The standard InChI is InChI=1S/C14H22BrNO/c1-10(14(2,3)4)16(5)13-8-12(15)7-6-11(13)9-17/h6-8,10,17H,9H2,1-5H3. The highest BCUT2D eigenvalue weighted by atomic mass is 79.9. The highest BCUT2D eigenvalue weighted by molar-refractivity contribution is 9.10. The summed E-state index contributed by atoms with van der Waals surface area (Å²) in [5.74, 6) is 0. The molecule has 2 nitrogen and oxygen atoms in total. The van der Waals surface area contributed by atoms with Crippen LogP contribution in [0.25, 0.3) is 0 Å². The second-order valence-electron chi connectivity index (χ2n) is 5.58. The largest absolute Gasteiger partial charge is 0.392 e. The fourth-order valence-corrected chi connectivity index (χ4v) is 2.14. The summed E-state index contributed by atoms with van der Waals surface area (Å²) in [6, 6.07) is 6.38. The molecule has 0 aromatic heterocycles. The number of rotatable bonds is 3. The van der Waals surface area contributed by atoms with Gasteiger partial charge < -0.3 is 10.0 Å². The van der Waals surface area contributed by atoms with Crippen molar-refractivity contribution in [3.8, 4) is 0 Å². The fourth-order valence-electron chi connectivity index (χ4n) is 1.79. The van der Waals surface area contributed by atoms with Crippen LogP contribution in [0.1, 0.15) is 33.3 Å². The van der Waals surface area contributed by atoms with Gasteiger partial charge in [-0.05, 0) is 24.5 Å². The minimum atomic E-state index is 0.0732. The van der Waals surface area contributed by atoms with E-state index in [0.29, 0.717) is 6.04 Å². The Kier molecular flexibility index (Phi) is 4.62. The zero-order chi connectivity index (χ0) is 13.2. The lowest BCUT2D eigenvalue weighted by atomic mass is 9.86. The predicted octanol–water partition coefficient (Wildman–Crippen LogP) is 3.81. The van der Waals surface area contributed by atoms with E-state index in [1.807, 2.05) is 12.1 Å². The van der Waals surface area contributed by atoms with Crippen molar-refractivity contribution in [3.63, 3.8) is 0 Å². The van der Waals surface area contributed by atoms with Gasteiger partial charge >= 0.3 is 0 Å². The number of anilines is 1. The summed E-state index contributed by atoms with van der Waals surface area (Å²) in [7, 11) is 2.08. The molecule has 1 unspecified atom stereocenters. The summed E-state index contributed by atoms with van der Waals surface area (Å²) in [5, 5.41) is 9.40. The molecule has 0 spiro atoms. The van der Waals surface area contributed by atoms with Gasteiger partial charge in [-0.25, -0.2) is 0 Å². The Morgan fingerprint density at radius 1 is 1.35 bits per heavy atom. The Morgan fingerprint density at radius 2 is 1.94 bits per heavy atom. The molecule has 17 heavy (non-hydrogen) atoms. The van der Waals surface area contributed by atoms with Crippen LogP contribution in [0.5, 0.6) is 0 Å². The second-order valence-corrected chi connectivity index (χ2v) is 6.50. The number of halogens is 1. The monoisotopic (exact) mass is 299 g/mol. The first-order chi connectivity index (χ1) is 7.77. The van der Waals surface area contributed by atoms with E-state index in [1.54, 1.807) is 0 Å². The first-order valence-corrected chi connectivity index (χ1v) is 6.68. The Hall–Kier alpha value is -0.540. The minimum absolute atomic E-state index is 0.0732. The summed E-state index contributed by atoms with van der Waals surface area (Å²) in [6.07, 6.45) is 0. The molecule has 0 saturated heterocycles. The lowest BCUT2D eigenvalue weighted by Gasteiger charge is -2.37. The molecule has 0 saturated carbocycles. The van der Waals surface area contributed by atoms with Gasteiger partial charge in [0.2, 0.25) is 0 Å². The van der Waals surface area contributed by atoms with Crippen LogP contribution in [0.3, 0.4) is 0 Å². The van der Waals surface area contributed by atoms with Crippen LogP contribution >= 0.6 is 15.9 Å². The molecular weight excluding hydrogens is 278 g/mol. The van der Waals surface area contributed by atoms with Crippen LogP contribution in [0.2, 0.25) is 0 Å². The number of hydrogen-bond donors (Lipinski definition) is 1. The van der Waals surface area contributed by atoms with Crippen LogP contribution in [0.15, 0.2) is 22.7 Å². The molecule has 0 aliphatic rings. The zero-order valence-electron chi connectivity index (χ0n) is 11.3. The van der Waals surface area contributed by atoms with Crippen molar-refractivity contribution in [2.24, 2.45) is 5.41 Å². The van der Waals surface area contributed by atoms with Gasteiger partial charge in [0.15, 0.2) is 0 Å². The van der Waals surface area contributed by atoms with Crippen molar-refractivity contribution in [3.05, 3.63) is 28.2 Å². The molecule has 3 heteroatoms. The molecule has 0 heterocycles. The third-order valence-corrected chi connectivity index (χ3v) is 3.93. The molecular formula is C14H22BrNO. The molecule has 0 amide bonds. The smallest absolute Gasteiger partial charge is 0.0702 e. The molecule has 1 atom stereocenters. The Balaban J connectivity index is 3.10. The van der Waals surface area contributed by atoms with Crippen molar-refractivity contribution >= 4 is 21.6 Å². The van der Waals surface area contributed by atoms with Gasteiger partial charge in [0.05, 0.1) is 6.61 Å². The van der Waals surface area contributed by atoms with E-state index in [9.17, 15) is 5.11 Å². The SMILES string of the molecule is CC(N(C)c1cc(Br)ccc1CO)C(C)(C)C. The van der Waals surface area contributed by atoms with E-state index in [4.69, 9.17) is 0 Å². The number of aliphatic hydroxyl groups is 1. The lowest BCUT2D eigenvalue weighted by molar-refractivity contribution is 0.280. The summed E-state index contributed by atoms with van der Waals surface area (Å²) in [5.41, 5.74) is 2.25. The molecule has 0 aliphatic carbocycles. The molecule has 96 valence electrons. The molecule has 0 fully saturated rings. The highest BCUT2D eigenvalue weighted by Gasteiger charge is 2.25. The molecule has 1 aromatic rings. The molecule has 0 aliphatic heterocycles. The highest BCUT2D eigenvalue weighted by Crippen LogP contribution is 2.31. The van der Waals surface area contributed by atoms with Crippen molar-refractivity contribution in [1.82, 2.24) is 0 Å². The maximum atomic E-state index is 9.40. The third-order valence-electron chi connectivity index (χ3n) is 3.43. The van der Waals surface area contributed by atoms with Crippen LogP contribution in [0, 0.1) is 5.41 Å². The van der Waals surface area contributed by atoms with Crippen molar-refractivity contribution in [1.29, 1.82) is 0 Å². The third kappa shape index (κ3) is 3.46. The Bertz CT molecular complexity index is 384. The van der Waals surface area contributed by atoms with E-state index in [-0.39, 0.29) is 12.0 Å². The van der Waals surface area contributed by atoms with E-state index in [0.717, 1.165) is 15.7 Å². The van der Waals surface area contributed by atoms with Gasteiger partial charge in [-0.15, -0.1) is 0 Å². The summed E-state index contributed by atoms with van der Waals surface area (Å²) < 4.78 is 1.04. The number of benzene rings is 1. The van der Waals surface area contributed by atoms with E-state index in [2.05, 4.69) is 61.6 Å². The maximum Gasteiger partial charge on any atom is 0.0702 e. The molecule has 0 bridgehead atoms. The molecule has 1 aromatic carbocycles. The Labute approximate surface area is 113 Å². The predicted molar refractivity (Wildman–Crippen MR) is 77.4 cm³/mol. The van der Waals surface area contributed by atoms with Crippen LogP contribution in [0.4, 0.5) is 5.69 Å². The fraction of sp³-hybridized carbons (Fsp3) is 0.571. The van der Waals surface area contributed by atoms with Crippen LogP contribution in [-0.4, -0.2) is 18.2 Å². The molecule has 1 rings (SSSR count). The van der Waals surface area contributed by atoms with Gasteiger partial charge in [0, 0.05) is 28.8 Å². The number of aliphatic hydroxyl groups excluding tert-OH is 1. The topological polar surface area (TPSA) is 23.5 Å². The van der Waals surface area contributed by atoms with E-state index < -0.39 is 0 Å². The average molecular weight is 300 g/mol. The number of hydrogen-bond acceptors (Lipinski definition) is 2.